The number of rotatable bonds is 5. The first-order valence-electron chi connectivity index (χ1n) is 8.77. The first kappa shape index (κ1) is 13.9. The Hall–Kier alpha value is -0.0800. The molecule has 0 bridgehead atoms. The molecule has 2 aliphatic carbocycles. The number of likely N-dealkylation sites (N-methyl/N-ethyl adjacent to an activating group) is 1. The molecule has 19 heavy (non-hydrogen) atoms. The maximum atomic E-state index is 3.75. The number of likely N-dealkylation sites (tertiary alicyclic amines) is 1. The molecule has 2 heteroatoms. The van der Waals surface area contributed by atoms with Gasteiger partial charge in [-0.3, -0.25) is 4.90 Å². The van der Waals surface area contributed by atoms with E-state index >= 15 is 0 Å². The van der Waals surface area contributed by atoms with Gasteiger partial charge in [-0.15, -0.1) is 0 Å². The molecular formula is C17H32N2. The van der Waals surface area contributed by atoms with E-state index in [2.05, 4.69) is 17.3 Å². The molecule has 1 saturated heterocycles. The van der Waals surface area contributed by atoms with Crippen molar-refractivity contribution >= 4 is 0 Å². The molecule has 0 aromatic carbocycles. The largest absolute Gasteiger partial charge is 0.315 e. The van der Waals surface area contributed by atoms with Gasteiger partial charge < -0.3 is 5.32 Å². The lowest BCUT2D eigenvalue weighted by Gasteiger charge is -2.46. The van der Waals surface area contributed by atoms with Crippen LogP contribution in [0, 0.1) is 5.92 Å². The smallest absolute Gasteiger partial charge is 0.0362 e. The summed E-state index contributed by atoms with van der Waals surface area (Å²) in [5, 5.41) is 3.75. The Balaban J connectivity index is 1.72. The van der Waals surface area contributed by atoms with E-state index in [0.29, 0.717) is 5.54 Å². The number of nitrogens with one attached hydrogen (secondary N) is 1. The van der Waals surface area contributed by atoms with Gasteiger partial charge in [0.1, 0.15) is 0 Å². The van der Waals surface area contributed by atoms with Crippen LogP contribution in [-0.2, 0) is 0 Å². The van der Waals surface area contributed by atoms with Crippen molar-refractivity contribution in [3.8, 4) is 0 Å². The summed E-state index contributed by atoms with van der Waals surface area (Å²) in [5.41, 5.74) is 0.522. The van der Waals surface area contributed by atoms with Crippen molar-refractivity contribution < 1.29 is 0 Å². The number of nitrogens with zero attached hydrogens (tertiary/aromatic N) is 1. The molecule has 0 aromatic rings. The van der Waals surface area contributed by atoms with Gasteiger partial charge in [0.2, 0.25) is 0 Å². The first-order chi connectivity index (χ1) is 9.35. The van der Waals surface area contributed by atoms with Crippen molar-refractivity contribution in [1.82, 2.24) is 10.2 Å². The van der Waals surface area contributed by atoms with E-state index < -0.39 is 0 Å². The highest BCUT2D eigenvalue weighted by Gasteiger charge is 2.46. The van der Waals surface area contributed by atoms with Crippen molar-refractivity contribution in [2.24, 2.45) is 5.92 Å². The zero-order valence-electron chi connectivity index (χ0n) is 12.8. The zero-order chi connectivity index (χ0) is 13.1. The third-order valence-corrected chi connectivity index (χ3v) is 6.25. The van der Waals surface area contributed by atoms with Gasteiger partial charge >= 0.3 is 0 Å². The van der Waals surface area contributed by atoms with Crippen LogP contribution in [0.5, 0.6) is 0 Å². The van der Waals surface area contributed by atoms with E-state index in [1.54, 1.807) is 0 Å². The Bertz CT molecular complexity index is 271. The summed E-state index contributed by atoms with van der Waals surface area (Å²) in [4.78, 5) is 2.87. The molecule has 1 unspecified atom stereocenters. The molecule has 3 aliphatic rings. The Morgan fingerprint density at radius 1 is 1.00 bits per heavy atom. The van der Waals surface area contributed by atoms with E-state index in [0.717, 1.165) is 12.0 Å². The van der Waals surface area contributed by atoms with Crippen LogP contribution >= 0.6 is 0 Å². The molecule has 3 rings (SSSR count). The fraction of sp³-hybridized carbons (Fsp3) is 1.00. The number of hydrogen-bond donors (Lipinski definition) is 1. The monoisotopic (exact) mass is 264 g/mol. The van der Waals surface area contributed by atoms with Crippen molar-refractivity contribution in [2.75, 3.05) is 20.1 Å². The lowest BCUT2D eigenvalue weighted by molar-refractivity contribution is 0.0691. The van der Waals surface area contributed by atoms with Crippen LogP contribution in [0.3, 0.4) is 0 Å². The molecule has 1 heterocycles. The van der Waals surface area contributed by atoms with Crippen LogP contribution in [0.1, 0.15) is 70.6 Å². The normalized spacial score (nSPS) is 30.2. The Kier molecular flexibility index (Phi) is 4.48. The van der Waals surface area contributed by atoms with Crippen LogP contribution in [0.25, 0.3) is 0 Å². The fourth-order valence-electron chi connectivity index (χ4n) is 5.22. The summed E-state index contributed by atoms with van der Waals surface area (Å²) in [6, 6.07) is 0.746. The van der Waals surface area contributed by atoms with Crippen LogP contribution < -0.4 is 5.32 Å². The lowest BCUT2D eigenvalue weighted by Crippen LogP contribution is -2.58. The minimum atomic E-state index is 0.522. The molecule has 2 nitrogen and oxygen atoms in total. The third-order valence-electron chi connectivity index (χ3n) is 6.25. The molecule has 3 fully saturated rings. The van der Waals surface area contributed by atoms with Crippen LogP contribution in [0.15, 0.2) is 0 Å². The van der Waals surface area contributed by atoms with Gasteiger partial charge in [0.25, 0.3) is 0 Å². The molecule has 0 aromatic heterocycles. The highest BCUT2D eigenvalue weighted by Crippen LogP contribution is 2.43. The molecule has 110 valence electrons. The first-order valence-corrected chi connectivity index (χ1v) is 8.77. The van der Waals surface area contributed by atoms with Crippen LogP contribution in [0.2, 0.25) is 0 Å². The van der Waals surface area contributed by atoms with Gasteiger partial charge in [-0.25, -0.2) is 0 Å². The summed E-state index contributed by atoms with van der Waals surface area (Å²) in [6.07, 6.45) is 16.1. The SMILES string of the molecule is CNC(CC1CCCC1)C1(N2CCCC2)CCCC1. The van der Waals surface area contributed by atoms with Gasteiger partial charge in [0.15, 0.2) is 0 Å². The second kappa shape index (κ2) is 6.13. The summed E-state index contributed by atoms with van der Waals surface area (Å²) in [5.74, 6) is 1.01. The molecular weight excluding hydrogens is 232 g/mol. The summed E-state index contributed by atoms with van der Waals surface area (Å²) < 4.78 is 0. The quantitative estimate of drug-likeness (QED) is 0.817. The molecule has 1 N–H and O–H groups in total. The van der Waals surface area contributed by atoms with Crippen LogP contribution in [-0.4, -0.2) is 36.6 Å². The molecule has 0 amide bonds. The zero-order valence-corrected chi connectivity index (χ0v) is 12.8. The Labute approximate surface area is 119 Å². The summed E-state index contributed by atoms with van der Waals surface area (Å²) >= 11 is 0. The molecule has 2 saturated carbocycles. The maximum absolute atomic E-state index is 3.75. The summed E-state index contributed by atoms with van der Waals surface area (Å²) in [6.45, 7) is 2.73. The molecule has 1 aliphatic heterocycles. The third kappa shape index (κ3) is 2.71. The fourth-order valence-corrected chi connectivity index (χ4v) is 5.22. The van der Waals surface area contributed by atoms with Crippen LogP contribution in [0.4, 0.5) is 0 Å². The summed E-state index contributed by atoms with van der Waals surface area (Å²) in [7, 11) is 2.22. The topological polar surface area (TPSA) is 15.3 Å². The van der Waals surface area contributed by atoms with Crippen molar-refractivity contribution in [2.45, 2.75) is 82.2 Å². The van der Waals surface area contributed by atoms with E-state index in [4.69, 9.17) is 0 Å². The van der Waals surface area contributed by atoms with Crippen molar-refractivity contribution in [3.05, 3.63) is 0 Å². The molecule has 0 radical (unpaired) electrons. The molecule has 1 atom stereocenters. The predicted octanol–water partition coefficient (Wildman–Crippen LogP) is 3.56. The predicted molar refractivity (Wildman–Crippen MR) is 81.4 cm³/mol. The number of hydrogen-bond acceptors (Lipinski definition) is 2. The highest BCUT2D eigenvalue weighted by molar-refractivity contribution is 5.05. The Morgan fingerprint density at radius 2 is 1.63 bits per heavy atom. The average molecular weight is 264 g/mol. The second-order valence-electron chi connectivity index (χ2n) is 7.23. The van der Waals surface area contributed by atoms with Gasteiger partial charge in [-0.05, 0) is 58.2 Å². The second-order valence-corrected chi connectivity index (χ2v) is 7.23. The molecule has 0 spiro atoms. The van der Waals surface area contributed by atoms with E-state index in [9.17, 15) is 0 Å². The van der Waals surface area contributed by atoms with Gasteiger partial charge in [-0.2, -0.15) is 0 Å². The minimum absolute atomic E-state index is 0.522. The van der Waals surface area contributed by atoms with Crippen molar-refractivity contribution in [3.63, 3.8) is 0 Å². The highest BCUT2D eigenvalue weighted by atomic mass is 15.2. The lowest BCUT2D eigenvalue weighted by atomic mass is 9.80. The van der Waals surface area contributed by atoms with Gasteiger partial charge in [0.05, 0.1) is 0 Å². The van der Waals surface area contributed by atoms with Gasteiger partial charge in [-0.1, -0.05) is 38.5 Å². The van der Waals surface area contributed by atoms with E-state index in [-0.39, 0.29) is 0 Å². The average Bonchev–Trinajstić information content (AvgIpc) is 3.15. The van der Waals surface area contributed by atoms with E-state index in [1.165, 1.54) is 83.7 Å². The Morgan fingerprint density at radius 3 is 2.21 bits per heavy atom. The van der Waals surface area contributed by atoms with E-state index in [1.807, 2.05) is 0 Å². The standard InChI is InChI=1S/C17H32N2/c1-18-16(14-15-8-2-3-9-15)17(10-4-5-11-17)19-12-6-7-13-19/h15-16,18H,2-14H2,1H3. The van der Waals surface area contributed by atoms with Crippen molar-refractivity contribution in [1.29, 1.82) is 0 Å². The minimum Gasteiger partial charge on any atom is -0.315 e. The van der Waals surface area contributed by atoms with Gasteiger partial charge in [0, 0.05) is 11.6 Å². The maximum Gasteiger partial charge on any atom is 0.0362 e.